The van der Waals surface area contributed by atoms with Crippen LogP contribution in [0.5, 0.6) is 5.75 Å². The molecule has 0 bridgehead atoms. The number of likely N-dealkylation sites (tertiary alicyclic amines) is 1. The highest BCUT2D eigenvalue weighted by atomic mass is 16.5. The third kappa shape index (κ3) is 3.45. The van der Waals surface area contributed by atoms with Crippen LogP contribution in [0.2, 0.25) is 0 Å². The van der Waals surface area contributed by atoms with Crippen molar-refractivity contribution >= 4 is 5.91 Å². The first-order chi connectivity index (χ1) is 11.6. The summed E-state index contributed by atoms with van der Waals surface area (Å²) in [5, 5.41) is 4.13. The van der Waals surface area contributed by atoms with Gasteiger partial charge in [0.1, 0.15) is 5.75 Å². The predicted molar refractivity (Wildman–Crippen MR) is 91.0 cm³/mol. The van der Waals surface area contributed by atoms with Gasteiger partial charge in [0.25, 0.3) is 0 Å². The van der Waals surface area contributed by atoms with Crippen LogP contribution in [0.3, 0.4) is 0 Å². The molecule has 1 fully saturated rings. The number of hydrogen-bond donors (Lipinski definition) is 0. The number of benzene rings is 1. The molecule has 0 aliphatic carbocycles. The monoisotopic (exact) mass is 328 g/mol. The van der Waals surface area contributed by atoms with Crippen LogP contribution in [0, 0.1) is 0 Å². The summed E-state index contributed by atoms with van der Waals surface area (Å²) in [5.41, 5.74) is 1.91. The summed E-state index contributed by atoms with van der Waals surface area (Å²) in [5.74, 6) is 2.02. The Labute approximate surface area is 142 Å². The highest BCUT2D eigenvalue weighted by Crippen LogP contribution is 2.33. The average Bonchev–Trinajstić information content (AvgIpc) is 3.23. The third-order valence-electron chi connectivity index (χ3n) is 4.53. The van der Waals surface area contributed by atoms with Crippen LogP contribution in [0.25, 0.3) is 0 Å². The van der Waals surface area contributed by atoms with Gasteiger partial charge in [-0.05, 0) is 36.5 Å². The molecule has 1 aliphatic rings. The van der Waals surface area contributed by atoms with Crippen molar-refractivity contribution in [3.63, 3.8) is 0 Å². The summed E-state index contributed by atoms with van der Waals surface area (Å²) in [7, 11) is 1.63. The van der Waals surface area contributed by atoms with Gasteiger partial charge in [-0.25, -0.2) is 0 Å². The second-order valence-electron chi connectivity index (χ2n) is 6.58. The molecule has 1 aliphatic heterocycles. The highest BCUT2D eigenvalue weighted by Gasteiger charge is 2.32. The zero-order chi connectivity index (χ0) is 17.1. The van der Waals surface area contributed by atoms with E-state index in [0.29, 0.717) is 12.3 Å². The number of carbonyl (C=O) groups is 1. The lowest BCUT2D eigenvalue weighted by Crippen LogP contribution is -2.31. The molecular weight excluding hydrogens is 304 g/mol. The fourth-order valence-electron chi connectivity index (χ4n) is 3.15. The summed E-state index contributed by atoms with van der Waals surface area (Å²) in [6, 6.07) is 9.66. The molecule has 0 spiro atoms. The van der Waals surface area contributed by atoms with Crippen molar-refractivity contribution in [3.8, 4) is 5.75 Å². The number of methoxy groups -OCH3 is 1. The van der Waals surface area contributed by atoms with Crippen molar-refractivity contribution in [1.29, 1.82) is 0 Å². The molecule has 0 N–H and O–H groups in total. The summed E-state index contributed by atoms with van der Waals surface area (Å²) in [6.07, 6.45) is 2.29. The molecule has 1 aromatic heterocycles. The van der Waals surface area contributed by atoms with E-state index in [4.69, 9.17) is 9.26 Å². The number of carbonyl (C=O) groups excluding carboxylic acids is 1. The molecule has 1 amide bonds. The third-order valence-corrected chi connectivity index (χ3v) is 4.53. The van der Waals surface area contributed by atoms with Crippen molar-refractivity contribution in [2.24, 2.45) is 0 Å². The van der Waals surface area contributed by atoms with Crippen LogP contribution in [-0.4, -0.2) is 29.6 Å². The fourth-order valence-corrected chi connectivity index (χ4v) is 3.15. The predicted octanol–water partition coefficient (Wildman–Crippen LogP) is 3.71. The number of nitrogens with zero attached hydrogens (tertiary/aromatic N) is 2. The van der Waals surface area contributed by atoms with E-state index < -0.39 is 0 Å². The van der Waals surface area contributed by atoms with E-state index in [2.05, 4.69) is 19.0 Å². The molecular formula is C19H24N2O3. The van der Waals surface area contributed by atoms with Crippen molar-refractivity contribution < 1.29 is 14.1 Å². The molecule has 0 saturated carbocycles. The maximum atomic E-state index is 12.8. The normalized spacial score (nSPS) is 17.5. The van der Waals surface area contributed by atoms with E-state index in [9.17, 15) is 4.79 Å². The highest BCUT2D eigenvalue weighted by molar-refractivity contribution is 5.79. The van der Waals surface area contributed by atoms with Crippen molar-refractivity contribution in [3.05, 3.63) is 47.3 Å². The Morgan fingerprint density at radius 1 is 1.42 bits per heavy atom. The Bertz CT molecular complexity index is 708. The second-order valence-corrected chi connectivity index (χ2v) is 6.58. The van der Waals surface area contributed by atoms with Crippen LogP contribution in [-0.2, 0) is 11.2 Å². The summed E-state index contributed by atoms with van der Waals surface area (Å²) in [6.45, 7) is 4.94. The average molecular weight is 328 g/mol. The molecule has 1 atom stereocenters. The maximum Gasteiger partial charge on any atom is 0.227 e. The summed E-state index contributed by atoms with van der Waals surface area (Å²) < 4.78 is 10.7. The van der Waals surface area contributed by atoms with Gasteiger partial charge in [-0.1, -0.05) is 31.1 Å². The van der Waals surface area contributed by atoms with Gasteiger partial charge in [0.2, 0.25) is 5.91 Å². The van der Waals surface area contributed by atoms with Gasteiger partial charge >= 0.3 is 0 Å². The van der Waals surface area contributed by atoms with Crippen molar-refractivity contribution in [2.75, 3.05) is 13.7 Å². The Morgan fingerprint density at radius 2 is 2.25 bits per heavy atom. The second kappa shape index (κ2) is 7.07. The van der Waals surface area contributed by atoms with Gasteiger partial charge in [-0.3, -0.25) is 4.79 Å². The minimum atomic E-state index is 0.00288. The zero-order valence-electron chi connectivity index (χ0n) is 14.5. The van der Waals surface area contributed by atoms with Gasteiger partial charge in [0.15, 0.2) is 5.76 Å². The molecule has 5 heteroatoms. The van der Waals surface area contributed by atoms with Gasteiger partial charge in [0.05, 0.1) is 25.3 Å². The molecule has 3 rings (SSSR count). The SMILES string of the molecule is COc1cccc(CC(=O)N2CCC[C@H]2c2cc(C(C)C)no2)c1. The van der Waals surface area contributed by atoms with Gasteiger partial charge in [-0.15, -0.1) is 0 Å². The van der Waals surface area contributed by atoms with E-state index in [0.717, 1.165) is 42.2 Å². The van der Waals surface area contributed by atoms with E-state index in [1.807, 2.05) is 35.2 Å². The molecule has 2 aromatic rings. The van der Waals surface area contributed by atoms with Crippen LogP contribution in [0.1, 0.15) is 55.7 Å². The minimum absolute atomic E-state index is 0.00288. The topological polar surface area (TPSA) is 55.6 Å². The summed E-state index contributed by atoms with van der Waals surface area (Å²) >= 11 is 0. The molecule has 0 radical (unpaired) electrons. The van der Waals surface area contributed by atoms with Crippen LogP contribution < -0.4 is 4.74 Å². The van der Waals surface area contributed by atoms with Crippen LogP contribution in [0.4, 0.5) is 0 Å². The Kier molecular flexibility index (Phi) is 4.88. The zero-order valence-corrected chi connectivity index (χ0v) is 14.5. The minimum Gasteiger partial charge on any atom is -0.497 e. The van der Waals surface area contributed by atoms with Gasteiger partial charge in [-0.2, -0.15) is 0 Å². The van der Waals surface area contributed by atoms with Crippen molar-refractivity contribution in [2.45, 2.75) is 45.1 Å². The number of amides is 1. The molecule has 128 valence electrons. The first-order valence-electron chi connectivity index (χ1n) is 8.47. The van der Waals surface area contributed by atoms with E-state index in [1.165, 1.54) is 0 Å². The number of rotatable bonds is 5. The Balaban J connectivity index is 1.73. The van der Waals surface area contributed by atoms with Crippen LogP contribution in [0.15, 0.2) is 34.9 Å². The molecule has 2 heterocycles. The number of aromatic nitrogens is 1. The smallest absolute Gasteiger partial charge is 0.227 e. The van der Waals surface area contributed by atoms with E-state index in [1.54, 1.807) is 7.11 Å². The Hall–Kier alpha value is -2.30. The quantitative estimate of drug-likeness (QED) is 0.839. The summed E-state index contributed by atoms with van der Waals surface area (Å²) in [4.78, 5) is 14.7. The fraction of sp³-hybridized carbons (Fsp3) is 0.474. The maximum absolute atomic E-state index is 12.8. The van der Waals surface area contributed by atoms with Gasteiger partial charge < -0.3 is 14.2 Å². The molecule has 24 heavy (non-hydrogen) atoms. The van der Waals surface area contributed by atoms with E-state index in [-0.39, 0.29) is 11.9 Å². The molecule has 5 nitrogen and oxygen atoms in total. The molecule has 0 unspecified atom stereocenters. The van der Waals surface area contributed by atoms with Crippen molar-refractivity contribution in [1.82, 2.24) is 10.1 Å². The lowest BCUT2D eigenvalue weighted by molar-refractivity contribution is -0.131. The Morgan fingerprint density at radius 3 is 2.96 bits per heavy atom. The van der Waals surface area contributed by atoms with E-state index >= 15 is 0 Å². The van der Waals surface area contributed by atoms with Crippen LogP contribution >= 0.6 is 0 Å². The molecule has 1 aromatic carbocycles. The lowest BCUT2D eigenvalue weighted by Gasteiger charge is -2.22. The molecule has 1 saturated heterocycles. The number of hydrogen-bond acceptors (Lipinski definition) is 4. The number of ether oxygens (including phenoxy) is 1. The standard InChI is InChI=1S/C19H24N2O3/c1-13(2)16-12-18(24-20-16)17-8-5-9-21(17)19(22)11-14-6-4-7-15(10-14)23-3/h4,6-7,10,12-13,17H,5,8-9,11H2,1-3H3/t17-/m0/s1. The lowest BCUT2D eigenvalue weighted by atomic mass is 10.1. The first kappa shape index (κ1) is 16.6. The van der Waals surface area contributed by atoms with Gasteiger partial charge in [0, 0.05) is 12.6 Å². The first-order valence-corrected chi connectivity index (χ1v) is 8.47. The largest absolute Gasteiger partial charge is 0.497 e.